The molecule has 1 atom stereocenters. The SMILES string of the molecule is C=C(C)CC(CCCCCCC)NCC. The van der Waals surface area contributed by atoms with Crippen molar-refractivity contribution in [3.63, 3.8) is 0 Å². The Hall–Kier alpha value is -0.300. The predicted molar refractivity (Wildman–Crippen MR) is 70.3 cm³/mol. The lowest BCUT2D eigenvalue weighted by atomic mass is 10.0. The first-order valence-electron chi connectivity index (χ1n) is 6.58. The zero-order valence-corrected chi connectivity index (χ0v) is 10.9. The first-order valence-corrected chi connectivity index (χ1v) is 6.58. The van der Waals surface area contributed by atoms with E-state index in [4.69, 9.17) is 0 Å². The normalized spacial score (nSPS) is 12.7. The molecule has 1 unspecified atom stereocenters. The van der Waals surface area contributed by atoms with Crippen molar-refractivity contribution in [2.24, 2.45) is 0 Å². The quantitative estimate of drug-likeness (QED) is 0.420. The molecule has 0 aromatic carbocycles. The minimum Gasteiger partial charge on any atom is -0.314 e. The van der Waals surface area contributed by atoms with Gasteiger partial charge >= 0.3 is 0 Å². The van der Waals surface area contributed by atoms with Gasteiger partial charge in [-0.05, 0) is 26.3 Å². The van der Waals surface area contributed by atoms with Gasteiger partial charge in [0.1, 0.15) is 0 Å². The minimum atomic E-state index is 0.661. The maximum Gasteiger partial charge on any atom is 0.0104 e. The fourth-order valence-corrected chi connectivity index (χ4v) is 1.98. The fourth-order valence-electron chi connectivity index (χ4n) is 1.98. The summed E-state index contributed by atoms with van der Waals surface area (Å²) in [7, 11) is 0. The largest absolute Gasteiger partial charge is 0.314 e. The zero-order chi connectivity index (χ0) is 11.5. The molecule has 0 rings (SSSR count). The lowest BCUT2D eigenvalue weighted by molar-refractivity contribution is 0.460. The first kappa shape index (κ1) is 14.7. The molecule has 1 nitrogen and oxygen atoms in total. The van der Waals surface area contributed by atoms with Crippen LogP contribution in [0.3, 0.4) is 0 Å². The summed E-state index contributed by atoms with van der Waals surface area (Å²) >= 11 is 0. The van der Waals surface area contributed by atoms with Crippen molar-refractivity contribution in [1.29, 1.82) is 0 Å². The maximum atomic E-state index is 3.99. The highest BCUT2D eigenvalue weighted by atomic mass is 14.9. The van der Waals surface area contributed by atoms with Crippen LogP contribution >= 0.6 is 0 Å². The molecule has 0 aromatic heterocycles. The molecule has 0 saturated heterocycles. The van der Waals surface area contributed by atoms with E-state index in [0.717, 1.165) is 13.0 Å². The summed E-state index contributed by atoms with van der Waals surface area (Å²) in [6, 6.07) is 0.661. The number of unbranched alkanes of at least 4 members (excludes halogenated alkanes) is 4. The molecule has 90 valence electrons. The highest BCUT2D eigenvalue weighted by Gasteiger charge is 2.06. The second-order valence-electron chi connectivity index (χ2n) is 4.62. The van der Waals surface area contributed by atoms with Gasteiger partial charge < -0.3 is 5.32 Å². The molecular formula is C14H29N. The van der Waals surface area contributed by atoms with Gasteiger partial charge in [-0.15, -0.1) is 6.58 Å². The van der Waals surface area contributed by atoms with Gasteiger partial charge in [0, 0.05) is 6.04 Å². The van der Waals surface area contributed by atoms with Gasteiger partial charge in [0.25, 0.3) is 0 Å². The second-order valence-corrected chi connectivity index (χ2v) is 4.62. The van der Waals surface area contributed by atoms with E-state index in [2.05, 4.69) is 32.7 Å². The Morgan fingerprint density at radius 1 is 1.13 bits per heavy atom. The van der Waals surface area contributed by atoms with E-state index in [-0.39, 0.29) is 0 Å². The highest BCUT2D eigenvalue weighted by molar-refractivity contribution is 4.92. The van der Waals surface area contributed by atoms with Crippen molar-refractivity contribution in [2.75, 3.05) is 6.54 Å². The van der Waals surface area contributed by atoms with E-state index in [9.17, 15) is 0 Å². The van der Waals surface area contributed by atoms with E-state index >= 15 is 0 Å². The summed E-state index contributed by atoms with van der Waals surface area (Å²) in [6.45, 7) is 11.6. The van der Waals surface area contributed by atoms with Gasteiger partial charge in [-0.3, -0.25) is 0 Å². The standard InChI is InChI=1S/C14H29N/c1-5-7-8-9-10-11-14(15-6-2)12-13(3)4/h14-15H,3,5-12H2,1-2,4H3. The smallest absolute Gasteiger partial charge is 0.0104 e. The summed E-state index contributed by atoms with van der Waals surface area (Å²) in [4.78, 5) is 0. The van der Waals surface area contributed by atoms with Crippen molar-refractivity contribution < 1.29 is 0 Å². The first-order chi connectivity index (χ1) is 7.20. The number of nitrogens with one attached hydrogen (secondary N) is 1. The molecule has 0 radical (unpaired) electrons. The van der Waals surface area contributed by atoms with E-state index in [1.165, 1.54) is 44.1 Å². The Labute approximate surface area is 96.3 Å². The Bertz CT molecular complexity index is 151. The molecule has 15 heavy (non-hydrogen) atoms. The van der Waals surface area contributed by atoms with Crippen molar-refractivity contribution in [2.45, 2.75) is 71.8 Å². The van der Waals surface area contributed by atoms with Crippen molar-refractivity contribution in [1.82, 2.24) is 5.32 Å². The van der Waals surface area contributed by atoms with Crippen molar-refractivity contribution in [3.8, 4) is 0 Å². The van der Waals surface area contributed by atoms with Gasteiger partial charge in [0.2, 0.25) is 0 Å². The van der Waals surface area contributed by atoms with Crippen LogP contribution in [0.1, 0.15) is 65.7 Å². The Morgan fingerprint density at radius 2 is 1.80 bits per heavy atom. The van der Waals surface area contributed by atoms with E-state index in [1.807, 2.05) is 0 Å². The van der Waals surface area contributed by atoms with E-state index < -0.39 is 0 Å². The molecular weight excluding hydrogens is 182 g/mol. The molecule has 0 aliphatic heterocycles. The molecule has 0 fully saturated rings. The van der Waals surface area contributed by atoms with Gasteiger partial charge in [-0.25, -0.2) is 0 Å². The topological polar surface area (TPSA) is 12.0 Å². The van der Waals surface area contributed by atoms with Gasteiger partial charge in [-0.1, -0.05) is 51.5 Å². The summed E-state index contributed by atoms with van der Waals surface area (Å²) in [6.07, 6.45) is 9.35. The molecule has 0 saturated carbocycles. The van der Waals surface area contributed by atoms with Crippen LogP contribution in [0.15, 0.2) is 12.2 Å². The van der Waals surface area contributed by atoms with Crippen LogP contribution < -0.4 is 5.32 Å². The van der Waals surface area contributed by atoms with Crippen LogP contribution in [0.4, 0.5) is 0 Å². The Balaban J connectivity index is 3.52. The second kappa shape index (κ2) is 10.2. The lowest BCUT2D eigenvalue weighted by Crippen LogP contribution is -2.28. The summed E-state index contributed by atoms with van der Waals surface area (Å²) in [5, 5.41) is 3.54. The van der Waals surface area contributed by atoms with Crippen LogP contribution in [-0.2, 0) is 0 Å². The molecule has 1 heteroatoms. The lowest BCUT2D eigenvalue weighted by Gasteiger charge is -2.17. The van der Waals surface area contributed by atoms with Gasteiger partial charge in [-0.2, -0.15) is 0 Å². The molecule has 0 bridgehead atoms. The molecule has 0 amide bonds. The fraction of sp³-hybridized carbons (Fsp3) is 0.857. The van der Waals surface area contributed by atoms with E-state index in [0.29, 0.717) is 6.04 Å². The monoisotopic (exact) mass is 211 g/mol. The number of hydrogen-bond donors (Lipinski definition) is 1. The zero-order valence-electron chi connectivity index (χ0n) is 10.9. The Kier molecular flexibility index (Phi) is 10.0. The third kappa shape index (κ3) is 9.99. The van der Waals surface area contributed by atoms with Crippen LogP contribution in [-0.4, -0.2) is 12.6 Å². The third-order valence-corrected chi connectivity index (χ3v) is 2.74. The highest BCUT2D eigenvalue weighted by Crippen LogP contribution is 2.12. The molecule has 0 aromatic rings. The third-order valence-electron chi connectivity index (χ3n) is 2.74. The molecule has 0 spiro atoms. The van der Waals surface area contributed by atoms with Crippen LogP contribution in [0, 0.1) is 0 Å². The summed E-state index contributed by atoms with van der Waals surface area (Å²) in [5.41, 5.74) is 1.30. The average molecular weight is 211 g/mol. The number of rotatable bonds is 10. The van der Waals surface area contributed by atoms with E-state index in [1.54, 1.807) is 0 Å². The van der Waals surface area contributed by atoms with Crippen LogP contribution in [0.25, 0.3) is 0 Å². The molecule has 0 aliphatic rings. The molecule has 0 aliphatic carbocycles. The maximum absolute atomic E-state index is 3.99. The van der Waals surface area contributed by atoms with Crippen molar-refractivity contribution in [3.05, 3.63) is 12.2 Å². The van der Waals surface area contributed by atoms with Crippen LogP contribution in [0.2, 0.25) is 0 Å². The minimum absolute atomic E-state index is 0.661. The summed E-state index contributed by atoms with van der Waals surface area (Å²) in [5.74, 6) is 0. The summed E-state index contributed by atoms with van der Waals surface area (Å²) < 4.78 is 0. The Morgan fingerprint density at radius 3 is 2.33 bits per heavy atom. The average Bonchev–Trinajstić information content (AvgIpc) is 2.17. The molecule has 1 N–H and O–H groups in total. The predicted octanol–water partition coefficient (Wildman–Crippen LogP) is 4.29. The van der Waals surface area contributed by atoms with Crippen LogP contribution in [0.5, 0.6) is 0 Å². The van der Waals surface area contributed by atoms with Gasteiger partial charge in [0.05, 0.1) is 0 Å². The van der Waals surface area contributed by atoms with Crippen molar-refractivity contribution >= 4 is 0 Å². The molecule has 0 heterocycles. The number of hydrogen-bond acceptors (Lipinski definition) is 1. The van der Waals surface area contributed by atoms with Gasteiger partial charge in [0.15, 0.2) is 0 Å².